The van der Waals surface area contributed by atoms with Crippen molar-refractivity contribution in [1.29, 1.82) is 0 Å². The highest BCUT2D eigenvalue weighted by molar-refractivity contribution is 5.79. The lowest BCUT2D eigenvalue weighted by atomic mass is 9.87. The van der Waals surface area contributed by atoms with Crippen LogP contribution in [0.15, 0.2) is 30.3 Å². The van der Waals surface area contributed by atoms with E-state index in [0.717, 1.165) is 75.3 Å². The highest BCUT2D eigenvalue weighted by atomic mass is 16.5. The summed E-state index contributed by atoms with van der Waals surface area (Å²) in [6.07, 6.45) is 5.46. The van der Waals surface area contributed by atoms with Crippen LogP contribution in [0.25, 0.3) is 0 Å². The van der Waals surface area contributed by atoms with Gasteiger partial charge in [-0.15, -0.1) is 0 Å². The van der Waals surface area contributed by atoms with Gasteiger partial charge in [0.2, 0.25) is 0 Å². The van der Waals surface area contributed by atoms with Crippen LogP contribution in [-0.2, 0) is 18.4 Å². The number of carbonyl (C=O) groups excluding carboxylic acids is 1. The molecule has 2 aliphatic rings. The standard InChI is InChI=1S/C24H34N4O2/c1-19-8-4-5-9-22(19)30-18-23(29)28-14-7-11-24(28)10-6-13-27(15-12-24)17-21-16-20(2)25-26(21)3/h4-5,8-9,16H,6-7,10-15,17-18H2,1-3H3/t24-/m1/s1. The molecule has 0 unspecified atom stereocenters. The fourth-order valence-electron chi connectivity index (χ4n) is 5.22. The molecule has 6 nitrogen and oxygen atoms in total. The zero-order chi connectivity index (χ0) is 21.1. The predicted octanol–water partition coefficient (Wildman–Crippen LogP) is 3.46. The molecule has 2 aromatic rings. The molecule has 2 saturated heterocycles. The first kappa shape index (κ1) is 20.9. The molecular formula is C24H34N4O2. The third-order valence-corrected chi connectivity index (χ3v) is 6.84. The second-order valence-corrected chi connectivity index (χ2v) is 8.96. The second-order valence-electron chi connectivity index (χ2n) is 8.96. The van der Waals surface area contributed by atoms with Crippen molar-refractivity contribution in [3.05, 3.63) is 47.3 Å². The first-order valence-electron chi connectivity index (χ1n) is 11.2. The summed E-state index contributed by atoms with van der Waals surface area (Å²) in [7, 11) is 2.02. The Morgan fingerprint density at radius 3 is 2.60 bits per heavy atom. The van der Waals surface area contributed by atoms with Gasteiger partial charge in [-0.25, -0.2) is 0 Å². The van der Waals surface area contributed by atoms with Gasteiger partial charge in [0.1, 0.15) is 5.75 Å². The van der Waals surface area contributed by atoms with E-state index in [1.807, 2.05) is 49.8 Å². The predicted molar refractivity (Wildman–Crippen MR) is 117 cm³/mol. The van der Waals surface area contributed by atoms with E-state index in [-0.39, 0.29) is 18.1 Å². The third-order valence-electron chi connectivity index (χ3n) is 6.84. The number of amides is 1. The molecule has 0 aliphatic carbocycles. The summed E-state index contributed by atoms with van der Waals surface area (Å²) in [4.78, 5) is 17.8. The lowest BCUT2D eigenvalue weighted by molar-refractivity contribution is -0.138. The van der Waals surface area contributed by atoms with Gasteiger partial charge < -0.3 is 9.64 Å². The molecule has 30 heavy (non-hydrogen) atoms. The van der Waals surface area contributed by atoms with Crippen LogP contribution in [-0.4, -0.2) is 57.3 Å². The Morgan fingerprint density at radius 2 is 1.87 bits per heavy atom. The molecule has 162 valence electrons. The van der Waals surface area contributed by atoms with Crippen LogP contribution in [0, 0.1) is 13.8 Å². The van der Waals surface area contributed by atoms with Crippen LogP contribution in [0.5, 0.6) is 5.75 Å². The fraction of sp³-hybridized carbons (Fsp3) is 0.583. The van der Waals surface area contributed by atoms with Crippen molar-refractivity contribution < 1.29 is 9.53 Å². The van der Waals surface area contributed by atoms with E-state index >= 15 is 0 Å². The summed E-state index contributed by atoms with van der Waals surface area (Å²) in [5.74, 6) is 0.934. The van der Waals surface area contributed by atoms with Crippen LogP contribution in [0.2, 0.25) is 0 Å². The van der Waals surface area contributed by atoms with Crippen molar-refractivity contribution in [2.45, 2.75) is 58.0 Å². The monoisotopic (exact) mass is 410 g/mol. The summed E-state index contributed by atoms with van der Waals surface area (Å²) in [6.45, 7) is 8.07. The molecule has 1 aromatic heterocycles. The minimum Gasteiger partial charge on any atom is -0.484 e. The average molecular weight is 411 g/mol. The van der Waals surface area contributed by atoms with Crippen LogP contribution in [0.3, 0.4) is 0 Å². The highest BCUT2D eigenvalue weighted by Gasteiger charge is 2.44. The number of rotatable bonds is 5. The molecule has 2 aliphatic heterocycles. The zero-order valence-corrected chi connectivity index (χ0v) is 18.6. The van der Waals surface area contributed by atoms with Crippen molar-refractivity contribution in [3.8, 4) is 5.75 Å². The molecule has 0 radical (unpaired) electrons. The maximum absolute atomic E-state index is 13.1. The number of ether oxygens (including phenoxy) is 1. The van der Waals surface area contributed by atoms with Crippen molar-refractivity contribution in [1.82, 2.24) is 19.6 Å². The number of benzene rings is 1. The maximum atomic E-state index is 13.1. The molecule has 1 spiro atoms. The minimum atomic E-state index is 0.00327. The Kier molecular flexibility index (Phi) is 6.14. The first-order chi connectivity index (χ1) is 14.5. The van der Waals surface area contributed by atoms with Gasteiger partial charge in [-0.3, -0.25) is 14.4 Å². The molecule has 0 N–H and O–H groups in total. The molecule has 0 saturated carbocycles. The SMILES string of the molecule is Cc1cc(CN2CCC[C@@]3(CCCN3C(=O)COc3ccccc3C)CC2)n(C)n1. The van der Waals surface area contributed by atoms with E-state index < -0.39 is 0 Å². The molecule has 3 heterocycles. The van der Waals surface area contributed by atoms with Crippen molar-refractivity contribution in [3.63, 3.8) is 0 Å². The van der Waals surface area contributed by atoms with E-state index in [2.05, 4.69) is 21.0 Å². The van der Waals surface area contributed by atoms with E-state index in [0.29, 0.717) is 0 Å². The molecule has 0 bridgehead atoms. The number of carbonyl (C=O) groups is 1. The fourth-order valence-corrected chi connectivity index (χ4v) is 5.22. The number of aromatic nitrogens is 2. The van der Waals surface area contributed by atoms with E-state index in [1.165, 1.54) is 5.69 Å². The van der Waals surface area contributed by atoms with Gasteiger partial charge in [0.05, 0.1) is 11.4 Å². The molecule has 6 heteroatoms. The Hall–Kier alpha value is -2.34. The Labute approximate surface area is 179 Å². The number of likely N-dealkylation sites (tertiary alicyclic amines) is 2. The zero-order valence-electron chi connectivity index (χ0n) is 18.6. The lowest BCUT2D eigenvalue weighted by Crippen LogP contribution is -2.49. The molecule has 1 amide bonds. The average Bonchev–Trinajstić information content (AvgIpc) is 3.20. The molecular weight excluding hydrogens is 376 g/mol. The first-order valence-corrected chi connectivity index (χ1v) is 11.2. The molecule has 1 atom stereocenters. The van der Waals surface area contributed by atoms with Gasteiger partial charge in [-0.2, -0.15) is 5.10 Å². The van der Waals surface area contributed by atoms with Gasteiger partial charge in [0.25, 0.3) is 5.91 Å². The number of hydrogen-bond acceptors (Lipinski definition) is 4. The second kappa shape index (κ2) is 8.80. The van der Waals surface area contributed by atoms with Crippen LogP contribution >= 0.6 is 0 Å². The summed E-state index contributed by atoms with van der Waals surface area (Å²) < 4.78 is 7.87. The van der Waals surface area contributed by atoms with Crippen molar-refractivity contribution in [2.75, 3.05) is 26.2 Å². The van der Waals surface area contributed by atoms with Gasteiger partial charge in [0.15, 0.2) is 6.61 Å². The summed E-state index contributed by atoms with van der Waals surface area (Å²) >= 11 is 0. The smallest absolute Gasteiger partial charge is 0.260 e. The van der Waals surface area contributed by atoms with E-state index in [9.17, 15) is 4.79 Å². The normalized spacial score (nSPS) is 22.4. The largest absolute Gasteiger partial charge is 0.484 e. The van der Waals surface area contributed by atoms with Gasteiger partial charge in [-0.05, 0) is 70.2 Å². The summed E-state index contributed by atoms with van der Waals surface area (Å²) in [5.41, 5.74) is 3.40. The van der Waals surface area contributed by atoms with Crippen LogP contribution in [0.1, 0.15) is 49.1 Å². The number of hydrogen-bond donors (Lipinski definition) is 0. The Morgan fingerprint density at radius 1 is 1.10 bits per heavy atom. The van der Waals surface area contributed by atoms with E-state index in [4.69, 9.17) is 4.74 Å². The van der Waals surface area contributed by atoms with Gasteiger partial charge in [-0.1, -0.05) is 18.2 Å². The number of para-hydroxylation sites is 1. The molecule has 2 fully saturated rings. The number of nitrogens with zero attached hydrogens (tertiary/aromatic N) is 4. The number of aryl methyl sites for hydroxylation is 3. The lowest BCUT2D eigenvalue weighted by Gasteiger charge is -2.38. The Balaban J connectivity index is 1.38. The molecule has 4 rings (SSSR count). The molecule has 1 aromatic carbocycles. The maximum Gasteiger partial charge on any atom is 0.260 e. The highest BCUT2D eigenvalue weighted by Crippen LogP contribution is 2.38. The topological polar surface area (TPSA) is 50.6 Å². The summed E-state index contributed by atoms with van der Waals surface area (Å²) in [5, 5.41) is 4.48. The van der Waals surface area contributed by atoms with Crippen molar-refractivity contribution >= 4 is 5.91 Å². The minimum absolute atomic E-state index is 0.00327. The van der Waals surface area contributed by atoms with Gasteiger partial charge >= 0.3 is 0 Å². The quantitative estimate of drug-likeness (QED) is 0.757. The third kappa shape index (κ3) is 4.38. The van der Waals surface area contributed by atoms with Crippen molar-refractivity contribution in [2.24, 2.45) is 7.05 Å². The summed E-state index contributed by atoms with van der Waals surface area (Å²) in [6, 6.07) is 10.1. The Bertz CT molecular complexity index is 893. The van der Waals surface area contributed by atoms with Crippen LogP contribution in [0.4, 0.5) is 0 Å². The van der Waals surface area contributed by atoms with E-state index in [1.54, 1.807) is 0 Å². The van der Waals surface area contributed by atoms with Crippen LogP contribution < -0.4 is 4.74 Å². The van der Waals surface area contributed by atoms with Gasteiger partial charge in [0, 0.05) is 32.2 Å².